The molecule has 0 unspecified atom stereocenters. The maximum Gasteiger partial charge on any atom is 0.490 e. The van der Waals surface area contributed by atoms with E-state index in [1.165, 1.54) is 12.1 Å². The van der Waals surface area contributed by atoms with Crippen LogP contribution in [0.15, 0.2) is 67.0 Å². The summed E-state index contributed by atoms with van der Waals surface area (Å²) in [6.45, 7) is 0. The van der Waals surface area contributed by atoms with Crippen LogP contribution in [0.25, 0.3) is 11.4 Å². The Labute approximate surface area is 208 Å². The minimum absolute atomic E-state index is 0.178. The van der Waals surface area contributed by atoms with Crippen molar-refractivity contribution in [2.45, 2.75) is 12.4 Å². The molecule has 4 aromatic rings. The molecule has 0 atom stereocenters. The Bertz CT molecular complexity index is 1350. The molecule has 2 aromatic carbocycles. The minimum Gasteiger partial charge on any atom is -0.475 e. The SMILES string of the molecule is FC(F)(F)c1cc(-c2nc(Nc3ccc(Oc4ccncc4)cc3)n[nH]2)ccc1Cl.O=C(O)C(F)(F)F. The van der Waals surface area contributed by atoms with Gasteiger partial charge in [-0.2, -0.15) is 31.3 Å². The number of nitrogens with zero attached hydrogens (tertiary/aromatic N) is 3. The Balaban J connectivity index is 0.000000479. The largest absolute Gasteiger partial charge is 0.490 e. The number of carboxylic acids is 1. The van der Waals surface area contributed by atoms with Crippen LogP contribution in [0.5, 0.6) is 11.5 Å². The number of halogens is 7. The molecule has 0 saturated carbocycles. The quantitative estimate of drug-likeness (QED) is 0.239. The van der Waals surface area contributed by atoms with E-state index < -0.39 is 23.9 Å². The number of ether oxygens (including phenoxy) is 1. The van der Waals surface area contributed by atoms with Crippen molar-refractivity contribution in [3.63, 3.8) is 0 Å². The molecule has 0 fully saturated rings. The van der Waals surface area contributed by atoms with E-state index in [0.717, 1.165) is 6.07 Å². The fourth-order valence-corrected chi connectivity index (χ4v) is 2.84. The number of nitrogens with one attached hydrogen (secondary N) is 2. The third-order valence-corrected chi connectivity index (χ3v) is 4.60. The van der Waals surface area contributed by atoms with Gasteiger partial charge in [-0.3, -0.25) is 10.1 Å². The number of carbonyl (C=O) groups is 1. The zero-order chi connectivity index (χ0) is 27.2. The summed E-state index contributed by atoms with van der Waals surface area (Å²) in [5, 5.41) is 16.3. The maximum atomic E-state index is 13.1. The third kappa shape index (κ3) is 7.83. The number of hydrogen-bond acceptors (Lipinski definition) is 6. The second kappa shape index (κ2) is 11.2. The lowest BCUT2D eigenvalue weighted by atomic mass is 10.1. The summed E-state index contributed by atoms with van der Waals surface area (Å²) < 4.78 is 76.6. The molecule has 2 aromatic heterocycles. The highest BCUT2D eigenvalue weighted by atomic mass is 35.5. The van der Waals surface area contributed by atoms with Gasteiger partial charge < -0.3 is 15.2 Å². The summed E-state index contributed by atoms with van der Waals surface area (Å²) in [4.78, 5) is 17.0. The van der Waals surface area contributed by atoms with Crippen molar-refractivity contribution in [1.29, 1.82) is 0 Å². The number of anilines is 2. The number of aliphatic carboxylic acids is 1. The normalized spacial score (nSPS) is 11.3. The summed E-state index contributed by atoms with van der Waals surface area (Å²) in [6.07, 6.45) is -6.39. The van der Waals surface area contributed by atoms with Crippen molar-refractivity contribution in [1.82, 2.24) is 20.2 Å². The van der Waals surface area contributed by atoms with Crippen LogP contribution in [-0.4, -0.2) is 37.4 Å². The molecule has 3 N–H and O–H groups in total. The van der Waals surface area contributed by atoms with Crippen LogP contribution >= 0.6 is 11.6 Å². The Hall–Kier alpha value is -4.33. The zero-order valence-corrected chi connectivity index (χ0v) is 18.9. The van der Waals surface area contributed by atoms with Gasteiger partial charge in [0.05, 0.1) is 10.6 Å². The van der Waals surface area contributed by atoms with Gasteiger partial charge in [0, 0.05) is 23.6 Å². The summed E-state index contributed by atoms with van der Waals surface area (Å²) in [5.74, 6) is -1.09. The van der Waals surface area contributed by atoms with Crippen LogP contribution in [0.4, 0.5) is 38.0 Å². The fourth-order valence-electron chi connectivity index (χ4n) is 2.61. The molecule has 0 radical (unpaired) electrons. The van der Waals surface area contributed by atoms with Gasteiger partial charge in [-0.25, -0.2) is 4.79 Å². The first kappa shape index (κ1) is 27.3. The van der Waals surface area contributed by atoms with E-state index in [1.807, 2.05) is 0 Å². The Morgan fingerprint density at radius 2 is 1.54 bits per heavy atom. The van der Waals surface area contributed by atoms with Crippen molar-refractivity contribution in [3.8, 4) is 22.9 Å². The fraction of sp³-hybridized carbons (Fsp3) is 0.0909. The Morgan fingerprint density at radius 1 is 0.946 bits per heavy atom. The molecule has 0 saturated heterocycles. The number of aromatic amines is 1. The van der Waals surface area contributed by atoms with E-state index in [0.29, 0.717) is 17.2 Å². The van der Waals surface area contributed by atoms with Gasteiger partial charge in [0.1, 0.15) is 11.5 Å². The van der Waals surface area contributed by atoms with E-state index >= 15 is 0 Å². The van der Waals surface area contributed by atoms with Crippen LogP contribution in [0.2, 0.25) is 5.02 Å². The first-order chi connectivity index (χ1) is 17.3. The van der Waals surface area contributed by atoms with Crippen molar-refractivity contribution in [3.05, 3.63) is 77.6 Å². The summed E-state index contributed by atoms with van der Waals surface area (Å²) in [5.41, 5.74) is -0.0412. The standard InChI is InChI=1S/C20H13ClF3N5O.C2HF3O2/c21-17-6-1-12(11-16(17)20(22,23)24)18-27-19(29-28-18)26-13-2-4-14(5-3-13)30-15-7-9-25-10-8-15;3-2(4,5)1(6)7/h1-11H,(H2,26,27,28,29);(H,6,7). The van der Waals surface area contributed by atoms with Crippen molar-refractivity contribution in [2.75, 3.05) is 5.32 Å². The number of pyridine rings is 1. The van der Waals surface area contributed by atoms with Crippen LogP contribution in [0, 0.1) is 0 Å². The molecule has 0 bridgehead atoms. The number of rotatable bonds is 5. The number of aromatic nitrogens is 4. The highest BCUT2D eigenvalue weighted by molar-refractivity contribution is 6.31. The number of H-pyrrole nitrogens is 1. The predicted octanol–water partition coefficient (Wildman–Crippen LogP) is 6.71. The molecule has 37 heavy (non-hydrogen) atoms. The molecular formula is C22H14ClF6N5O3. The first-order valence-corrected chi connectivity index (χ1v) is 10.3. The molecule has 0 aliphatic carbocycles. The van der Waals surface area contributed by atoms with Gasteiger partial charge in [0.2, 0.25) is 5.95 Å². The topological polar surface area (TPSA) is 113 Å². The lowest BCUT2D eigenvalue weighted by Gasteiger charge is -2.09. The van der Waals surface area contributed by atoms with Gasteiger partial charge in [-0.1, -0.05) is 11.6 Å². The van der Waals surface area contributed by atoms with Gasteiger partial charge in [-0.15, -0.1) is 5.10 Å². The summed E-state index contributed by atoms with van der Waals surface area (Å²) >= 11 is 5.65. The van der Waals surface area contributed by atoms with Crippen LogP contribution in [0.1, 0.15) is 5.56 Å². The molecule has 15 heteroatoms. The molecule has 0 aliphatic heterocycles. The molecule has 0 aliphatic rings. The maximum absolute atomic E-state index is 13.1. The van der Waals surface area contributed by atoms with Crippen LogP contribution < -0.4 is 10.1 Å². The Morgan fingerprint density at radius 3 is 2.11 bits per heavy atom. The van der Waals surface area contributed by atoms with E-state index in [-0.39, 0.29) is 22.4 Å². The van der Waals surface area contributed by atoms with E-state index in [2.05, 4.69) is 25.5 Å². The first-order valence-electron chi connectivity index (χ1n) is 9.87. The number of alkyl halides is 6. The van der Waals surface area contributed by atoms with Gasteiger partial charge in [-0.05, 0) is 54.6 Å². The highest BCUT2D eigenvalue weighted by Gasteiger charge is 2.38. The molecule has 4 rings (SSSR count). The molecule has 194 valence electrons. The summed E-state index contributed by atoms with van der Waals surface area (Å²) in [7, 11) is 0. The molecular weight excluding hydrogens is 532 g/mol. The third-order valence-electron chi connectivity index (χ3n) is 4.27. The lowest BCUT2D eigenvalue weighted by Crippen LogP contribution is -2.21. The molecule has 8 nitrogen and oxygen atoms in total. The van der Waals surface area contributed by atoms with Crippen LogP contribution in [-0.2, 0) is 11.0 Å². The average molecular weight is 546 g/mol. The molecule has 2 heterocycles. The number of benzene rings is 2. The zero-order valence-electron chi connectivity index (χ0n) is 18.1. The smallest absolute Gasteiger partial charge is 0.475 e. The van der Waals surface area contributed by atoms with Gasteiger partial charge in [0.25, 0.3) is 0 Å². The van der Waals surface area contributed by atoms with Crippen molar-refractivity contribution >= 4 is 29.2 Å². The van der Waals surface area contributed by atoms with Crippen LogP contribution in [0.3, 0.4) is 0 Å². The van der Waals surface area contributed by atoms with E-state index in [4.69, 9.17) is 26.2 Å². The van der Waals surface area contributed by atoms with E-state index in [9.17, 15) is 26.3 Å². The number of carboxylic acid groups (broad SMARTS) is 1. The molecule has 0 spiro atoms. The lowest BCUT2D eigenvalue weighted by molar-refractivity contribution is -0.192. The van der Waals surface area contributed by atoms with Gasteiger partial charge in [0.15, 0.2) is 5.82 Å². The van der Waals surface area contributed by atoms with Crippen molar-refractivity contribution in [2.24, 2.45) is 0 Å². The average Bonchev–Trinajstić information content (AvgIpc) is 3.29. The predicted molar refractivity (Wildman–Crippen MR) is 120 cm³/mol. The highest BCUT2D eigenvalue weighted by Crippen LogP contribution is 2.36. The Kier molecular flexibility index (Phi) is 8.22. The van der Waals surface area contributed by atoms with Gasteiger partial charge >= 0.3 is 18.3 Å². The monoisotopic (exact) mass is 545 g/mol. The number of hydrogen-bond donors (Lipinski definition) is 3. The summed E-state index contributed by atoms with van der Waals surface area (Å²) in [6, 6.07) is 14.1. The molecule has 0 amide bonds. The second-order valence-electron chi connectivity index (χ2n) is 6.94. The van der Waals surface area contributed by atoms with E-state index in [1.54, 1.807) is 48.8 Å². The minimum atomic E-state index is -5.08. The van der Waals surface area contributed by atoms with Crippen molar-refractivity contribution < 1.29 is 41.0 Å². The second-order valence-corrected chi connectivity index (χ2v) is 7.34.